The van der Waals surface area contributed by atoms with Crippen molar-refractivity contribution in [2.45, 2.75) is 78.1 Å². The van der Waals surface area contributed by atoms with Gasteiger partial charge in [-0.1, -0.05) is 70.3 Å². The maximum atomic E-state index is 10.6. The van der Waals surface area contributed by atoms with Gasteiger partial charge in [0.15, 0.2) is 0 Å². The van der Waals surface area contributed by atoms with Crippen LogP contribution < -0.4 is 10.0 Å². The first-order valence-corrected chi connectivity index (χ1v) is 10.1. The number of benzene rings is 1. The topological polar surface area (TPSA) is 65.3 Å². The van der Waals surface area contributed by atoms with Gasteiger partial charge in [0.05, 0.1) is 16.3 Å². The van der Waals surface area contributed by atoms with Crippen molar-refractivity contribution in [1.29, 1.82) is 0 Å². The molecule has 0 heterocycles. The first kappa shape index (κ1) is 22.1. The molecule has 0 bridgehead atoms. The Morgan fingerprint density at radius 1 is 0.654 bits per heavy atom. The molecular weight excluding hydrogens is 328 g/mol. The molecule has 0 amide bonds. The van der Waals surface area contributed by atoms with Gasteiger partial charge in [-0.05, 0) is 37.1 Å². The maximum Gasteiger partial charge on any atom is 0.0924 e. The van der Waals surface area contributed by atoms with Crippen molar-refractivity contribution in [3.63, 3.8) is 0 Å². The van der Waals surface area contributed by atoms with E-state index in [1.807, 2.05) is 12.1 Å². The van der Waals surface area contributed by atoms with E-state index in [1.165, 1.54) is 64.2 Å². The number of unbranched alkanes of at least 4 members (excludes halogenated alkanes) is 8. The molecular formula is C20H34N4O2. The molecule has 0 radical (unpaired) electrons. The van der Waals surface area contributed by atoms with Crippen LogP contribution in [-0.2, 0) is 0 Å². The van der Waals surface area contributed by atoms with Crippen molar-refractivity contribution in [2.24, 2.45) is 10.6 Å². The minimum absolute atomic E-state index is 0.393. The highest BCUT2D eigenvalue weighted by Crippen LogP contribution is 2.22. The Morgan fingerprint density at radius 2 is 1.08 bits per heavy atom. The molecule has 0 fully saturated rings. The monoisotopic (exact) mass is 362 g/mol. The minimum atomic E-state index is 0.393. The van der Waals surface area contributed by atoms with Gasteiger partial charge in [0.2, 0.25) is 0 Å². The van der Waals surface area contributed by atoms with E-state index in [2.05, 4.69) is 29.3 Å². The number of hydrogen-bond acceptors (Lipinski definition) is 5. The Morgan fingerprint density at radius 3 is 1.50 bits per heavy atom. The zero-order valence-electron chi connectivity index (χ0n) is 16.4. The minimum Gasteiger partial charge on any atom is -0.372 e. The first-order chi connectivity index (χ1) is 12.8. The number of anilines is 2. The van der Waals surface area contributed by atoms with Crippen LogP contribution in [0, 0.1) is 9.81 Å². The largest absolute Gasteiger partial charge is 0.372 e. The summed E-state index contributed by atoms with van der Waals surface area (Å²) in [5.74, 6) is 0. The Hall–Kier alpha value is -1.98. The fraction of sp³-hybridized carbons (Fsp3) is 0.700. The third-order valence-electron chi connectivity index (χ3n) is 4.66. The van der Waals surface area contributed by atoms with Crippen LogP contribution in [-0.4, -0.2) is 13.1 Å². The van der Waals surface area contributed by atoms with Gasteiger partial charge in [0.25, 0.3) is 0 Å². The molecule has 0 N–H and O–H groups in total. The van der Waals surface area contributed by atoms with Crippen LogP contribution in [0.4, 0.5) is 11.4 Å². The van der Waals surface area contributed by atoms with Gasteiger partial charge < -0.3 is 4.90 Å². The van der Waals surface area contributed by atoms with E-state index in [1.54, 1.807) is 12.1 Å². The molecule has 0 unspecified atom stereocenters. The molecule has 0 aliphatic rings. The molecule has 146 valence electrons. The van der Waals surface area contributed by atoms with E-state index in [9.17, 15) is 9.81 Å². The lowest BCUT2D eigenvalue weighted by Crippen LogP contribution is -2.25. The summed E-state index contributed by atoms with van der Waals surface area (Å²) in [6.45, 7) is 6.54. The molecule has 1 aromatic carbocycles. The van der Waals surface area contributed by atoms with Gasteiger partial charge in [0.1, 0.15) is 0 Å². The standard InChI is InChI=1S/C20H34N4O2/c1-3-5-7-9-11-17-23(18-12-10-8-6-4-2)19-13-15-20(16-14-19)24(21-25)22-26/h13-16H,3-12,17-18H2,1-2H3. The summed E-state index contributed by atoms with van der Waals surface area (Å²) < 4.78 is 0. The van der Waals surface area contributed by atoms with E-state index in [4.69, 9.17) is 0 Å². The Labute approximate surface area is 157 Å². The Kier molecular flexibility index (Phi) is 12.1. The summed E-state index contributed by atoms with van der Waals surface area (Å²) in [7, 11) is 0. The highest BCUT2D eigenvalue weighted by Gasteiger charge is 2.10. The average molecular weight is 363 g/mol. The fourth-order valence-corrected chi connectivity index (χ4v) is 3.09. The van der Waals surface area contributed by atoms with Crippen molar-refractivity contribution >= 4 is 11.4 Å². The molecule has 6 nitrogen and oxygen atoms in total. The maximum absolute atomic E-state index is 10.6. The molecule has 6 heteroatoms. The third-order valence-corrected chi connectivity index (χ3v) is 4.66. The highest BCUT2D eigenvalue weighted by molar-refractivity contribution is 5.55. The number of rotatable bonds is 16. The summed E-state index contributed by atoms with van der Waals surface area (Å²) in [6, 6.07) is 7.33. The molecule has 0 aliphatic heterocycles. The van der Waals surface area contributed by atoms with E-state index in [0.717, 1.165) is 18.8 Å². The average Bonchev–Trinajstić information content (AvgIpc) is 2.67. The van der Waals surface area contributed by atoms with Gasteiger partial charge in [-0.15, -0.1) is 9.81 Å². The van der Waals surface area contributed by atoms with Crippen LogP contribution >= 0.6 is 0 Å². The van der Waals surface area contributed by atoms with Gasteiger partial charge in [0, 0.05) is 18.8 Å². The molecule has 0 spiro atoms. The van der Waals surface area contributed by atoms with Crippen LogP contribution in [0.1, 0.15) is 78.1 Å². The number of nitroso groups, excluding NO2 is 2. The van der Waals surface area contributed by atoms with Gasteiger partial charge in [-0.25, -0.2) is 0 Å². The summed E-state index contributed by atoms with van der Waals surface area (Å²) in [6.07, 6.45) is 12.6. The summed E-state index contributed by atoms with van der Waals surface area (Å²) in [4.78, 5) is 23.6. The van der Waals surface area contributed by atoms with Crippen LogP contribution in [0.3, 0.4) is 0 Å². The summed E-state index contributed by atoms with van der Waals surface area (Å²) in [5, 5.41) is 5.76. The smallest absolute Gasteiger partial charge is 0.0924 e. The van der Waals surface area contributed by atoms with Crippen molar-refractivity contribution in [2.75, 3.05) is 23.1 Å². The van der Waals surface area contributed by atoms with Crippen LogP contribution in [0.2, 0.25) is 0 Å². The molecule has 1 aromatic rings. The lowest BCUT2D eigenvalue weighted by molar-refractivity contribution is 0.589. The Bertz CT molecular complexity index is 471. The normalized spacial score (nSPS) is 10.5. The zero-order valence-corrected chi connectivity index (χ0v) is 16.4. The molecule has 0 saturated carbocycles. The summed E-state index contributed by atoms with van der Waals surface area (Å²) in [5.41, 5.74) is 1.51. The van der Waals surface area contributed by atoms with E-state index in [-0.39, 0.29) is 0 Å². The number of hydrogen-bond donors (Lipinski definition) is 0. The summed E-state index contributed by atoms with van der Waals surface area (Å²) >= 11 is 0. The molecule has 0 atom stereocenters. The third kappa shape index (κ3) is 8.41. The zero-order chi connectivity index (χ0) is 19.0. The van der Waals surface area contributed by atoms with Crippen LogP contribution in [0.25, 0.3) is 0 Å². The molecule has 26 heavy (non-hydrogen) atoms. The molecule has 0 saturated heterocycles. The van der Waals surface area contributed by atoms with E-state index in [0.29, 0.717) is 10.8 Å². The molecule has 0 aliphatic carbocycles. The highest BCUT2D eigenvalue weighted by atomic mass is 16.4. The van der Waals surface area contributed by atoms with Crippen LogP contribution in [0.15, 0.2) is 34.8 Å². The van der Waals surface area contributed by atoms with Gasteiger partial charge in [-0.3, -0.25) is 0 Å². The number of nitrogens with zero attached hydrogens (tertiary/aromatic N) is 4. The van der Waals surface area contributed by atoms with Gasteiger partial charge >= 0.3 is 0 Å². The van der Waals surface area contributed by atoms with E-state index >= 15 is 0 Å². The van der Waals surface area contributed by atoms with Crippen molar-refractivity contribution < 1.29 is 0 Å². The van der Waals surface area contributed by atoms with Gasteiger partial charge in [-0.2, -0.15) is 0 Å². The predicted octanol–water partition coefficient (Wildman–Crippen LogP) is 6.60. The molecule has 1 rings (SSSR count). The van der Waals surface area contributed by atoms with Crippen LogP contribution in [0.5, 0.6) is 0 Å². The predicted molar refractivity (Wildman–Crippen MR) is 110 cm³/mol. The fourth-order valence-electron chi connectivity index (χ4n) is 3.09. The van der Waals surface area contributed by atoms with Crippen molar-refractivity contribution in [3.05, 3.63) is 34.1 Å². The second kappa shape index (κ2) is 14.2. The lowest BCUT2D eigenvalue weighted by Gasteiger charge is -2.25. The quantitative estimate of drug-likeness (QED) is 0.189. The second-order valence-corrected chi connectivity index (χ2v) is 6.78. The lowest BCUT2D eigenvalue weighted by atomic mass is 10.1. The second-order valence-electron chi connectivity index (χ2n) is 6.78. The van der Waals surface area contributed by atoms with Crippen molar-refractivity contribution in [3.8, 4) is 0 Å². The Balaban J connectivity index is 2.62. The van der Waals surface area contributed by atoms with Crippen molar-refractivity contribution in [1.82, 2.24) is 0 Å². The SMILES string of the molecule is CCCCCCCN(CCCCCCC)c1ccc(N(N=O)N=O)cc1. The van der Waals surface area contributed by atoms with E-state index < -0.39 is 0 Å². The molecule has 0 aromatic heterocycles. The first-order valence-electron chi connectivity index (χ1n) is 10.1.